The van der Waals surface area contributed by atoms with E-state index in [-0.39, 0.29) is 17.9 Å². The van der Waals surface area contributed by atoms with Gasteiger partial charge < -0.3 is 49.3 Å². The summed E-state index contributed by atoms with van der Waals surface area (Å²) in [5.41, 5.74) is 3.17. The first kappa shape index (κ1) is 29.2. The third-order valence-electron chi connectivity index (χ3n) is 8.36. The Kier molecular flexibility index (Phi) is 8.50. The monoisotopic (exact) mass is 572 g/mol. The van der Waals surface area contributed by atoms with Crippen LogP contribution < -0.4 is 0 Å². The number of carbonyl (C=O) groups is 2. The number of rotatable bonds is 7. The number of aliphatic hydroxyl groups is 4. The zero-order chi connectivity index (χ0) is 29.4. The molecular formula is C29H36N2O10. The number of hydrogen-bond donors (Lipinski definition) is 5. The van der Waals surface area contributed by atoms with Crippen LogP contribution in [0.15, 0.2) is 48.8 Å². The first-order valence-corrected chi connectivity index (χ1v) is 13.6. The van der Waals surface area contributed by atoms with Crippen LogP contribution in [0.5, 0.6) is 0 Å². The summed E-state index contributed by atoms with van der Waals surface area (Å²) < 4.78 is 22.3. The molecule has 2 aromatic rings. The lowest BCUT2D eigenvalue weighted by Gasteiger charge is -2.44. The van der Waals surface area contributed by atoms with Crippen LogP contribution >= 0.6 is 0 Å². The molecule has 0 bridgehead atoms. The predicted molar refractivity (Wildman–Crippen MR) is 144 cm³/mol. The molecule has 222 valence electrons. The number of H-pyrrole nitrogens is 1. The highest BCUT2D eigenvalue weighted by Crippen LogP contribution is 2.44. The first-order valence-electron chi connectivity index (χ1n) is 13.6. The second-order valence-corrected chi connectivity index (χ2v) is 10.6. The van der Waals surface area contributed by atoms with Gasteiger partial charge in [0.25, 0.3) is 0 Å². The Morgan fingerprint density at radius 1 is 1.17 bits per heavy atom. The number of amides is 1. The molecule has 0 aliphatic carbocycles. The Balaban J connectivity index is 1.49. The number of nitrogens with zero attached hydrogens (tertiary/aromatic N) is 1. The van der Waals surface area contributed by atoms with Crippen molar-refractivity contribution in [3.05, 3.63) is 60.0 Å². The van der Waals surface area contributed by atoms with Gasteiger partial charge in [0.2, 0.25) is 12.2 Å². The van der Waals surface area contributed by atoms with Crippen molar-refractivity contribution in [3.63, 3.8) is 0 Å². The second kappa shape index (κ2) is 11.9. The molecule has 1 fully saturated rings. The van der Waals surface area contributed by atoms with Gasteiger partial charge in [-0.3, -0.25) is 4.79 Å². The Bertz CT molecular complexity index is 1320. The fraction of sp³-hybridized carbons (Fsp3) is 0.517. The second-order valence-electron chi connectivity index (χ2n) is 10.6. The molecule has 0 spiro atoms. The van der Waals surface area contributed by atoms with Crippen LogP contribution in [0.4, 0.5) is 0 Å². The summed E-state index contributed by atoms with van der Waals surface area (Å²) in [5.74, 6) is -2.02. The summed E-state index contributed by atoms with van der Waals surface area (Å²) in [6.07, 6.45) is -4.85. The molecule has 0 radical (unpaired) electrons. The summed E-state index contributed by atoms with van der Waals surface area (Å²) >= 11 is 0. The molecule has 0 unspecified atom stereocenters. The summed E-state index contributed by atoms with van der Waals surface area (Å²) in [6, 6.07) is 7.50. The van der Waals surface area contributed by atoms with Gasteiger partial charge in [-0.05, 0) is 24.5 Å². The van der Waals surface area contributed by atoms with Gasteiger partial charge in [0.1, 0.15) is 24.4 Å². The largest absolute Gasteiger partial charge is 0.471 e. The fourth-order valence-corrected chi connectivity index (χ4v) is 6.21. The Hall–Kier alpha value is -3.26. The van der Waals surface area contributed by atoms with E-state index >= 15 is 0 Å². The van der Waals surface area contributed by atoms with Crippen LogP contribution in [0.3, 0.4) is 0 Å². The Morgan fingerprint density at radius 2 is 1.93 bits per heavy atom. The van der Waals surface area contributed by atoms with Crippen molar-refractivity contribution in [2.24, 2.45) is 11.8 Å². The predicted octanol–water partition coefficient (Wildman–Crippen LogP) is 0.652. The minimum atomic E-state index is -1.65. The van der Waals surface area contributed by atoms with E-state index in [4.69, 9.17) is 18.9 Å². The average Bonchev–Trinajstić information content (AvgIpc) is 3.36. The SMILES string of the molecule is C=C[C@@H]1[C@H](O[C@@H]2O[C@H](CO)[C@@H](O)[C@H](O)[C@H]2O)OC=C(C(=O)OC)[C@H]1C[C@H]1c2[nH]c3ccccc3c2CCN1C(C)=O. The number of fused-ring (bicyclic) bond motifs is 3. The van der Waals surface area contributed by atoms with Gasteiger partial charge in [-0.15, -0.1) is 6.58 Å². The molecule has 1 amide bonds. The fourth-order valence-electron chi connectivity index (χ4n) is 6.21. The lowest BCUT2D eigenvalue weighted by molar-refractivity contribution is -0.339. The van der Waals surface area contributed by atoms with Crippen LogP contribution in [0.25, 0.3) is 10.9 Å². The van der Waals surface area contributed by atoms with Gasteiger partial charge in [-0.1, -0.05) is 24.3 Å². The molecule has 41 heavy (non-hydrogen) atoms. The molecule has 9 atom stereocenters. The van der Waals surface area contributed by atoms with Crippen molar-refractivity contribution >= 4 is 22.8 Å². The number of aromatic nitrogens is 1. The van der Waals surface area contributed by atoms with Crippen LogP contribution in [0, 0.1) is 11.8 Å². The van der Waals surface area contributed by atoms with Crippen molar-refractivity contribution in [1.82, 2.24) is 9.88 Å². The standard InChI is InChI=1S/C29H36N2O10/c1-4-15-18(11-21-23-17(9-10-31(21)14(2)33)16-7-5-6-8-20(16)30-23)19(27(37)38-3)13-39-28(15)41-29-26(36)25(35)24(34)22(12-32)40-29/h4-8,13,15,18,21-22,24-26,28-30,32,34-36H,1,9-12H2,2-3H3/t15-,18-,21-,22+,24+,25-,26+,28-,29-/m0/s1. The highest BCUT2D eigenvalue weighted by Gasteiger charge is 2.48. The zero-order valence-electron chi connectivity index (χ0n) is 22.9. The van der Waals surface area contributed by atoms with E-state index < -0.39 is 67.4 Å². The van der Waals surface area contributed by atoms with Crippen LogP contribution in [0.1, 0.15) is 30.6 Å². The topological polar surface area (TPSA) is 171 Å². The summed E-state index contributed by atoms with van der Waals surface area (Å²) in [6.45, 7) is 5.33. The summed E-state index contributed by atoms with van der Waals surface area (Å²) in [4.78, 5) is 31.0. The normalized spacial score (nSPS) is 33.5. The molecule has 4 heterocycles. The molecule has 5 N–H and O–H groups in total. The van der Waals surface area contributed by atoms with Gasteiger partial charge >= 0.3 is 5.97 Å². The third kappa shape index (κ3) is 5.27. The average molecular weight is 573 g/mol. The van der Waals surface area contributed by atoms with Gasteiger partial charge in [-0.2, -0.15) is 0 Å². The third-order valence-corrected chi connectivity index (χ3v) is 8.36. The van der Waals surface area contributed by atoms with E-state index in [9.17, 15) is 30.0 Å². The van der Waals surface area contributed by atoms with Crippen LogP contribution in [0.2, 0.25) is 0 Å². The number of para-hydroxylation sites is 1. The van der Waals surface area contributed by atoms with Gasteiger partial charge in [-0.25, -0.2) is 4.79 Å². The van der Waals surface area contributed by atoms with E-state index in [2.05, 4.69) is 11.6 Å². The quantitative estimate of drug-likeness (QED) is 0.234. The Morgan fingerprint density at radius 3 is 2.61 bits per heavy atom. The van der Waals surface area contributed by atoms with Crippen molar-refractivity contribution < 1.29 is 49.0 Å². The number of nitrogens with one attached hydrogen (secondary N) is 1. The van der Waals surface area contributed by atoms with Crippen molar-refractivity contribution in [3.8, 4) is 0 Å². The first-order chi connectivity index (χ1) is 19.7. The summed E-state index contributed by atoms with van der Waals surface area (Å²) in [5, 5.41) is 41.5. The van der Waals surface area contributed by atoms with Crippen LogP contribution in [-0.2, 0) is 35.0 Å². The number of hydrogen-bond acceptors (Lipinski definition) is 10. The molecule has 5 rings (SSSR count). The highest BCUT2D eigenvalue weighted by molar-refractivity contribution is 5.89. The molecule has 12 heteroatoms. The van der Waals surface area contributed by atoms with E-state index in [1.807, 2.05) is 24.3 Å². The maximum atomic E-state index is 12.9. The van der Waals surface area contributed by atoms with Crippen molar-refractivity contribution in [2.45, 2.75) is 62.8 Å². The van der Waals surface area contributed by atoms with Gasteiger partial charge in [0.05, 0.1) is 31.6 Å². The molecule has 3 aliphatic heterocycles. The molecular weight excluding hydrogens is 536 g/mol. The number of methoxy groups -OCH3 is 1. The van der Waals surface area contributed by atoms with E-state index in [1.54, 1.807) is 11.0 Å². The molecule has 1 saturated heterocycles. The smallest absolute Gasteiger partial charge is 0.337 e. The number of aromatic amines is 1. The van der Waals surface area contributed by atoms with E-state index in [1.165, 1.54) is 20.3 Å². The lowest BCUT2D eigenvalue weighted by atomic mass is 9.77. The van der Waals surface area contributed by atoms with Crippen molar-refractivity contribution in [2.75, 3.05) is 20.3 Å². The Labute approximate surface area is 236 Å². The maximum Gasteiger partial charge on any atom is 0.337 e. The number of ether oxygens (including phenoxy) is 4. The van der Waals surface area contributed by atoms with Gasteiger partial charge in [0, 0.05) is 41.9 Å². The number of aliphatic hydroxyl groups excluding tert-OH is 4. The zero-order valence-corrected chi connectivity index (χ0v) is 22.9. The molecule has 3 aliphatic rings. The molecule has 1 aromatic heterocycles. The number of benzene rings is 1. The number of esters is 1. The highest BCUT2D eigenvalue weighted by atomic mass is 16.8. The molecule has 12 nitrogen and oxygen atoms in total. The summed E-state index contributed by atoms with van der Waals surface area (Å²) in [7, 11) is 1.26. The van der Waals surface area contributed by atoms with E-state index in [0.29, 0.717) is 13.0 Å². The number of carbonyl (C=O) groups excluding carboxylic acids is 2. The van der Waals surface area contributed by atoms with Gasteiger partial charge in [0.15, 0.2) is 6.29 Å². The molecule has 0 saturated carbocycles. The maximum absolute atomic E-state index is 12.9. The minimum Gasteiger partial charge on any atom is -0.471 e. The van der Waals surface area contributed by atoms with Crippen LogP contribution in [-0.4, -0.2) is 99.4 Å². The minimum absolute atomic E-state index is 0.112. The van der Waals surface area contributed by atoms with E-state index in [0.717, 1.165) is 22.2 Å². The molecule has 1 aromatic carbocycles. The lowest BCUT2D eigenvalue weighted by Crippen LogP contribution is -2.60. The van der Waals surface area contributed by atoms with Crippen molar-refractivity contribution in [1.29, 1.82) is 0 Å².